The monoisotopic (exact) mass is 607 g/mol. The predicted octanol–water partition coefficient (Wildman–Crippen LogP) is 4.02. The summed E-state index contributed by atoms with van der Waals surface area (Å²) in [5.74, 6) is -0.0548. The second-order valence-corrected chi connectivity index (χ2v) is 10.5. The number of rotatable bonds is 7. The average molecular weight is 608 g/mol. The molecule has 0 spiro atoms. The first-order valence-corrected chi connectivity index (χ1v) is 13.6. The average Bonchev–Trinajstić information content (AvgIpc) is 3.52. The maximum absolute atomic E-state index is 14.6. The lowest BCUT2D eigenvalue weighted by molar-refractivity contribution is -0.138. The molecule has 3 aromatic heterocycles. The molecule has 4 heterocycles. The van der Waals surface area contributed by atoms with Gasteiger partial charge in [0.25, 0.3) is 5.91 Å². The van der Waals surface area contributed by atoms with E-state index in [0.29, 0.717) is 21.3 Å². The van der Waals surface area contributed by atoms with Crippen LogP contribution in [0.3, 0.4) is 0 Å². The molecule has 10 nitrogen and oxygen atoms in total. The third kappa shape index (κ3) is 5.35. The summed E-state index contributed by atoms with van der Waals surface area (Å²) in [7, 11) is 1.55. The van der Waals surface area contributed by atoms with Gasteiger partial charge in [-0.3, -0.25) is 24.0 Å². The molecule has 1 aliphatic heterocycles. The molecule has 0 unspecified atom stereocenters. The van der Waals surface area contributed by atoms with Gasteiger partial charge in [-0.05, 0) is 45.8 Å². The van der Waals surface area contributed by atoms with Crippen LogP contribution in [0.25, 0.3) is 22.0 Å². The standard InChI is InChI=1S/C28H27BrFN7O3/c1-4-24-31-12-18(13-32-24)17-8-9-21-20(10-17)27(16(2)38)34-37(21)15-26(39)36-14-19(30)11-22(36)28(40)35(3)25-7-5-6-23(29)33-25/h5-10,12-13,19,22H,4,11,14-15H2,1-3H3/t19-,22+/m1/s1. The third-order valence-electron chi connectivity index (χ3n) is 6.95. The van der Waals surface area contributed by atoms with Gasteiger partial charge in [0.15, 0.2) is 5.78 Å². The fourth-order valence-electron chi connectivity index (χ4n) is 4.86. The van der Waals surface area contributed by atoms with Crippen LogP contribution in [0.5, 0.6) is 0 Å². The molecule has 0 bridgehead atoms. The van der Waals surface area contributed by atoms with Crippen LogP contribution in [0.2, 0.25) is 0 Å². The summed E-state index contributed by atoms with van der Waals surface area (Å²) >= 11 is 3.29. The number of amides is 2. The zero-order valence-electron chi connectivity index (χ0n) is 22.2. The Balaban J connectivity index is 1.42. The van der Waals surface area contributed by atoms with E-state index in [1.165, 1.54) is 21.4 Å². The Bertz CT molecular complexity index is 1610. The summed E-state index contributed by atoms with van der Waals surface area (Å²) in [6.07, 6.45) is 2.73. The van der Waals surface area contributed by atoms with Crippen LogP contribution in [-0.4, -0.2) is 73.0 Å². The normalized spacial score (nSPS) is 16.9. The lowest BCUT2D eigenvalue weighted by Crippen LogP contribution is -2.47. The number of halogens is 2. The van der Waals surface area contributed by atoms with Crippen LogP contribution in [0.4, 0.5) is 10.2 Å². The molecule has 0 saturated carbocycles. The molecule has 5 rings (SSSR count). The van der Waals surface area contributed by atoms with E-state index in [0.717, 1.165) is 23.4 Å². The lowest BCUT2D eigenvalue weighted by atomic mass is 10.0. The number of ketones is 1. The fourth-order valence-corrected chi connectivity index (χ4v) is 5.19. The van der Waals surface area contributed by atoms with E-state index in [9.17, 15) is 18.8 Å². The highest BCUT2D eigenvalue weighted by atomic mass is 79.9. The van der Waals surface area contributed by atoms with Gasteiger partial charge in [-0.2, -0.15) is 5.10 Å². The van der Waals surface area contributed by atoms with E-state index < -0.39 is 24.0 Å². The van der Waals surface area contributed by atoms with Crippen LogP contribution in [0, 0.1) is 0 Å². The number of anilines is 1. The van der Waals surface area contributed by atoms with Crippen LogP contribution in [0.1, 0.15) is 36.6 Å². The van der Waals surface area contributed by atoms with E-state index in [1.807, 2.05) is 19.1 Å². The van der Waals surface area contributed by atoms with E-state index in [-0.39, 0.29) is 31.0 Å². The first-order chi connectivity index (χ1) is 19.2. The van der Waals surface area contributed by atoms with Gasteiger partial charge in [-0.1, -0.05) is 19.1 Å². The first kappa shape index (κ1) is 27.5. The van der Waals surface area contributed by atoms with Crippen molar-refractivity contribution >= 4 is 50.2 Å². The van der Waals surface area contributed by atoms with E-state index >= 15 is 0 Å². The van der Waals surface area contributed by atoms with Crippen molar-refractivity contribution in [3.05, 3.63) is 64.9 Å². The molecule has 1 saturated heterocycles. The number of hydrogen-bond donors (Lipinski definition) is 0. The smallest absolute Gasteiger partial charge is 0.250 e. The van der Waals surface area contributed by atoms with Crippen molar-refractivity contribution in [1.82, 2.24) is 29.6 Å². The van der Waals surface area contributed by atoms with E-state index in [1.54, 1.807) is 43.7 Å². The predicted molar refractivity (Wildman–Crippen MR) is 151 cm³/mol. The Morgan fingerprint density at radius 2 is 1.88 bits per heavy atom. The molecule has 2 amide bonds. The molecule has 12 heteroatoms. The van der Waals surface area contributed by atoms with Crippen LogP contribution in [-0.2, 0) is 22.6 Å². The molecular weight excluding hydrogens is 581 g/mol. The van der Waals surface area contributed by atoms with Crippen molar-refractivity contribution in [2.24, 2.45) is 0 Å². The SMILES string of the molecule is CCc1ncc(-c2ccc3c(c2)c(C(C)=O)nn3CC(=O)N2C[C@H](F)C[C@H]2C(=O)N(C)c2cccc(Br)n2)cn1. The van der Waals surface area contributed by atoms with E-state index in [4.69, 9.17) is 0 Å². The summed E-state index contributed by atoms with van der Waals surface area (Å²) in [6, 6.07) is 9.59. The summed E-state index contributed by atoms with van der Waals surface area (Å²) in [5.41, 5.74) is 2.38. The fraction of sp³-hybridized carbons (Fsp3) is 0.321. The largest absolute Gasteiger partial charge is 0.326 e. The van der Waals surface area contributed by atoms with Gasteiger partial charge in [0.1, 0.15) is 40.7 Å². The van der Waals surface area contributed by atoms with Crippen molar-refractivity contribution in [2.45, 2.75) is 45.4 Å². The molecule has 4 aromatic rings. The van der Waals surface area contributed by atoms with Crippen molar-refractivity contribution < 1.29 is 18.8 Å². The number of aryl methyl sites for hydroxylation is 1. The number of likely N-dealkylation sites (N-methyl/N-ethyl adjacent to an activating group) is 1. The minimum Gasteiger partial charge on any atom is -0.326 e. The van der Waals surface area contributed by atoms with Crippen molar-refractivity contribution in [3.63, 3.8) is 0 Å². The number of nitrogens with zero attached hydrogens (tertiary/aromatic N) is 7. The molecule has 206 valence electrons. The molecule has 40 heavy (non-hydrogen) atoms. The summed E-state index contributed by atoms with van der Waals surface area (Å²) < 4.78 is 16.5. The highest BCUT2D eigenvalue weighted by Gasteiger charge is 2.41. The number of likely N-dealkylation sites (tertiary alicyclic amines) is 1. The second kappa shape index (κ2) is 11.2. The number of carbonyl (C=O) groups is 3. The van der Waals surface area contributed by atoms with Crippen molar-refractivity contribution in [1.29, 1.82) is 0 Å². The Morgan fingerprint density at radius 3 is 2.55 bits per heavy atom. The minimum absolute atomic E-state index is 0.107. The third-order valence-corrected chi connectivity index (χ3v) is 7.40. The minimum atomic E-state index is -1.34. The number of benzene rings is 1. The molecule has 1 aliphatic rings. The van der Waals surface area contributed by atoms with Gasteiger partial charge in [-0.25, -0.2) is 19.3 Å². The highest BCUT2D eigenvalue weighted by Crippen LogP contribution is 2.28. The zero-order chi connectivity index (χ0) is 28.6. The highest BCUT2D eigenvalue weighted by molar-refractivity contribution is 9.10. The molecule has 0 radical (unpaired) electrons. The number of hydrogen-bond acceptors (Lipinski definition) is 7. The first-order valence-electron chi connectivity index (χ1n) is 12.8. The Kier molecular flexibility index (Phi) is 7.70. The lowest BCUT2D eigenvalue weighted by Gasteiger charge is -2.27. The van der Waals surface area contributed by atoms with E-state index in [2.05, 4.69) is 36.0 Å². The van der Waals surface area contributed by atoms with Gasteiger partial charge in [0.2, 0.25) is 5.91 Å². The molecule has 2 atom stereocenters. The van der Waals surface area contributed by atoms with Gasteiger partial charge >= 0.3 is 0 Å². The number of carbonyl (C=O) groups excluding carboxylic acids is 3. The maximum Gasteiger partial charge on any atom is 0.250 e. The van der Waals surface area contributed by atoms with Crippen molar-refractivity contribution in [2.75, 3.05) is 18.5 Å². The van der Waals surface area contributed by atoms with Gasteiger partial charge in [-0.15, -0.1) is 0 Å². The van der Waals surface area contributed by atoms with Gasteiger partial charge in [0, 0.05) is 50.2 Å². The van der Waals surface area contributed by atoms with Gasteiger partial charge in [0.05, 0.1) is 12.1 Å². The second-order valence-electron chi connectivity index (χ2n) is 9.65. The number of fused-ring (bicyclic) bond motifs is 1. The van der Waals surface area contributed by atoms with Gasteiger partial charge < -0.3 is 4.90 Å². The number of Topliss-reactive ketones (excluding diaryl/α,β-unsaturated/α-hetero) is 1. The van der Waals surface area contributed by atoms with Crippen LogP contribution < -0.4 is 4.90 Å². The summed E-state index contributed by atoms with van der Waals surface area (Å²) in [5, 5.41) is 5.01. The quantitative estimate of drug-likeness (QED) is 0.230. The molecular formula is C28H27BrFN7O3. The van der Waals surface area contributed by atoms with Crippen LogP contribution in [0.15, 0.2) is 53.4 Å². The molecule has 1 fully saturated rings. The topological polar surface area (TPSA) is 114 Å². The number of aromatic nitrogens is 5. The maximum atomic E-state index is 14.6. The number of alkyl halides is 1. The Morgan fingerprint density at radius 1 is 1.12 bits per heavy atom. The summed E-state index contributed by atoms with van der Waals surface area (Å²) in [4.78, 5) is 54.8. The summed E-state index contributed by atoms with van der Waals surface area (Å²) in [6.45, 7) is 2.93. The molecule has 0 aliphatic carbocycles. The molecule has 1 aromatic carbocycles. The Labute approximate surface area is 238 Å². The Hall–Kier alpha value is -4.06. The van der Waals surface area contributed by atoms with Crippen LogP contribution >= 0.6 is 15.9 Å². The molecule has 0 N–H and O–H groups in total. The zero-order valence-corrected chi connectivity index (χ0v) is 23.8. The number of pyridine rings is 1. The van der Waals surface area contributed by atoms with Crippen molar-refractivity contribution in [3.8, 4) is 11.1 Å².